The van der Waals surface area contributed by atoms with Crippen LogP contribution in [0.3, 0.4) is 0 Å². The monoisotopic (exact) mass is 275 g/mol. The topological polar surface area (TPSA) is 32.3 Å². The molecule has 17 heavy (non-hydrogen) atoms. The molecule has 0 unspecified atom stereocenters. The van der Waals surface area contributed by atoms with Crippen molar-refractivity contribution in [3.63, 3.8) is 0 Å². The van der Waals surface area contributed by atoms with E-state index in [1.807, 2.05) is 26.0 Å². The van der Waals surface area contributed by atoms with Gasteiger partial charge in [-0.2, -0.15) is 0 Å². The molecule has 0 aliphatic carbocycles. The predicted molar refractivity (Wildman–Crippen MR) is 73.7 cm³/mol. The van der Waals surface area contributed by atoms with E-state index in [2.05, 4.69) is 5.32 Å². The molecule has 2 nitrogen and oxygen atoms in total. The molecular formula is C13H19Cl2NO. The first kappa shape index (κ1) is 14.8. The fourth-order valence-corrected chi connectivity index (χ4v) is 2.00. The van der Waals surface area contributed by atoms with Crippen molar-refractivity contribution >= 4 is 23.2 Å². The van der Waals surface area contributed by atoms with E-state index in [0.29, 0.717) is 23.1 Å². The van der Waals surface area contributed by atoms with Gasteiger partial charge in [0.2, 0.25) is 0 Å². The highest BCUT2D eigenvalue weighted by Gasteiger charge is 2.21. The van der Waals surface area contributed by atoms with Gasteiger partial charge in [0, 0.05) is 13.1 Å². The van der Waals surface area contributed by atoms with E-state index in [1.165, 1.54) is 0 Å². The zero-order valence-corrected chi connectivity index (χ0v) is 11.8. The summed E-state index contributed by atoms with van der Waals surface area (Å²) in [5.41, 5.74) is 0.319. The lowest BCUT2D eigenvalue weighted by molar-refractivity contribution is 0.0323. The van der Waals surface area contributed by atoms with E-state index >= 15 is 0 Å². The summed E-state index contributed by atoms with van der Waals surface area (Å²) >= 11 is 12.0. The van der Waals surface area contributed by atoms with E-state index in [4.69, 9.17) is 23.2 Å². The number of aliphatic hydroxyl groups is 1. The minimum Gasteiger partial charge on any atom is -0.389 e. The Kier molecular flexibility index (Phi) is 5.74. The van der Waals surface area contributed by atoms with E-state index in [0.717, 1.165) is 18.4 Å². The standard InChI is InChI=1S/C13H19Cl2NO/c1-3-13(17,4-2)9-16-8-10-6-5-7-11(14)12(10)15/h5-7,16-17H,3-4,8-9H2,1-2H3. The maximum absolute atomic E-state index is 10.1. The van der Waals surface area contributed by atoms with Crippen LogP contribution in [0.1, 0.15) is 32.3 Å². The van der Waals surface area contributed by atoms with Crippen molar-refractivity contribution in [3.05, 3.63) is 33.8 Å². The first-order chi connectivity index (χ1) is 8.02. The molecule has 0 aromatic heterocycles. The molecule has 0 amide bonds. The smallest absolute Gasteiger partial charge is 0.0766 e. The van der Waals surface area contributed by atoms with Crippen molar-refractivity contribution in [3.8, 4) is 0 Å². The number of rotatable bonds is 6. The first-order valence-corrected chi connectivity index (χ1v) is 6.64. The minimum absolute atomic E-state index is 0.558. The molecule has 0 saturated heterocycles. The largest absolute Gasteiger partial charge is 0.389 e. The molecule has 0 atom stereocenters. The zero-order chi connectivity index (χ0) is 12.9. The highest BCUT2D eigenvalue weighted by Crippen LogP contribution is 2.25. The summed E-state index contributed by atoms with van der Waals surface area (Å²) in [6, 6.07) is 5.57. The van der Waals surface area contributed by atoms with Gasteiger partial charge in [-0.1, -0.05) is 49.2 Å². The third-order valence-corrected chi connectivity index (χ3v) is 3.98. The van der Waals surface area contributed by atoms with Crippen molar-refractivity contribution < 1.29 is 5.11 Å². The Bertz CT molecular complexity index is 364. The van der Waals surface area contributed by atoms with Crippen molar-refractivity contribution in [1.82, 2.24) is 5.32 Å². The van der Waals surface area contributed by atoms with E-state index in [-0.39, 0.29) is 0 Å². The Balaban J connectivity index is 2.54. The summed E-state index contributed by atoms with van der Waals surface area (Å²) < 4.78 is 0. The SMILES string of the molecule is CCC(O)(CC)CNCc1cccc(Cl)c1Cl. The second kappa shape index (κ2) is 6.60. The van der Waals surface area contributed by atoms with Gasteiger partial charge in [-0.15, -0.1) is 0 Å². The molecule has 2 N–H and O–H groups in total. The summed E-state index contributed by atoms with van der Waals surface area (Å²) in [7, 11) is 0. The van der Waals surface area contributed by atoms with Crippen LogP contribution in [0.5, 0.6) is 0 Å². The number of hydrogen-bond donors (Lipinski definition) is 2. The molecule has 1 aromatic carbocycles. The molecule has 0 aliphatic heterocycles. The van der Waals surface area contributed by atoms with Gasteiger partial charge in [-0.05, 0) is 24.5 Å². The van der Waals surface area contributed by atoms with Gasteiger partial charge in [0.1, 0.15) is 0 Å². The molecule has 0 spiro atoms. The van der Waals surface area contributed by atoms with Gasteiger partial charge in [0.15, 0.2) is 0 Å². The van der Waals surface area contributed by atoms with Crippen molar-refractivity contribution in [2.75, 3.05) is 6.54 Å². The molecule has 0 heterocycles. The van der Waals surface area contributed by atoms with Crippen LogP contribution in [0, 0.1) is 0 Å². The maximum Gasteiger partial charge on any atom is 0.0766 e. The van der Waals surface area contributed by atoms with Crippen LogP contribution in [0.4, 0.5) is 0 Å². The van der Waals surface area contributed by atoms with Crippen LogP contribution in [0.2, 0.25) is 10.0 Å². The van der Waals surface area contributed by atoms with Gasteiger partial charge < -0.3 is 10.4 Å². The lowest BCUT2D eigenvalue weighted by Crippen LogP contribution is -2.39. The molecular weight excluding hydrogens is 257 g/mol. The van der Waals surface area contributed by atoms with E-state index < -0.39 is 5.60 Å². The normalized spacial score (nSPS) is 11.8. The van der Waals surface area contributed by atoms with Crippen molar-refractivity contribution in [2.45, 2.75) is 38.8 Å². The van der Waals surface area contributed by atoms with Gasteiger partial charge in [-0.3, -0.25) is 0 Å². The predicted octanol–water partition coefficient (Wildman–Crippen LogP) is 3.63. The lowest BCUT2D eigenvalue weighted by atomic mass is 9.97. The van der Waals surface area contributed by atoms with Crippen LogP contribution < -0.4 is 5.32 Å². The fourth-order valence-electron chi connectivity index (χ4n) is 1.61. The van der Waals surface area contributed by atoms with Crippen LogP contribution in [0.25, 0.3) is 0 Å². The third-order valence-electron chi connectivity index (χ3n) is 3.12. The lowest BCUT2D eigenvalue weighted by Gasteiger charge is -2.25. The minimum atomic E-state index is -0.634. The molecule has 0 radical (unpaired) electrons. The fraction of sp³-hybridized carbons (Fsp3) is 0.538. The first-order valence-electron chi connectivity index (χ1n) is 5.88. The van der Waals surface area contributed by atoms with Crippen LogP contribution in [0.15, 0.2) is 18.2 Å². The maximum atomic E-state index is 10.1. The zero-order valence-electron chi connectivity index (χ0n) is 10.3. The average molecular weight is 276 g/mol. The number of nitrogens with one attached hydrogen (secondary N) is 1. The van der Waals surface area contributed by atoms with Gasteiger partial charge in [0.05, 0.1) is 15.6 Å². The molecule has 0 fully saturated rings. The summed E-state index contributed by atoms with van der Waals surface area (Å²) in [4.78, 5) is 0. The van der Waals surface area contributed by atoms with E-state index in [1.54, 1.807) is 6.07 Å². The summed E-state index contributed by atoms with van der Waals surface area (Å²) in [6.07, 6.45) is 1.47. The third kappa shape index (κ3) is 4.14. The molecule has 96 valence electrons. The molecule has 0 aliphatic rings. The van der Waals surface area contributed by atoms with E-state index in [9.17, 15) is 5.11 Å². The molecule has 1 aromatic rings. The second-order valence-electron chi connectivity index (χ2n) is 4.25. The Labute approximate surface area is 113 Å². The highest BCUT2D eigenvalue weighted by atomic mass is 35.5. The quantitative estimate of drug-likeness (QED) is 0.831. The number of halogens is 2. The second-order valence-corrected chi connectivity index (χ2v) is 5.03. The Morgan fingerprint density at radius 2 is 1.88 bits per heavy atom. The van der Waals surface area contributed by atoms with Crippen LogP contribution in [-0.4, -0.2) is 17.3 Å². The summed E-state index contributed by atoms with van der Waals surface area (Å²) in [5.74, 6) is 0. The Morgan fingerprint density at radius 3 is 2.47 bits per heavy atom. The Hall–Kier alpha value is -0.280. The highest BCUT2D eigenvalue weighted by molar-refractivity contribution is 6.42. The van der Waals surface area contributed by atoms with Crippen LogP contribution in [-0.2, 0) is 6.54 Å². The molecule has 0 saturated carbocycles. The number of benzene rings is 1. The molecule has 4 heteroatoms. The van der Waals surface area contributed by atoms with Gasteiger partial charge in [-0.25, -0.2) is 0 Å². The van der Waals surface area contributed by atoms with Gasteiger partial charge in [0.25, 0.3) is 0 Å². The molecule has 0 bridgehead atoms. The summed E-state index contributed by atoms with van der Waals surface area (Å²) in [6.45, 7) is 5.14. The average Bonchev–Trinajstić information content (AvgIpc) is 2.34. The van der Waals surface area contributed by atoms with Crippen molar-refractivity contribution in [1.29, 1.82) is 0 Å². The van der Waals surface area contributed by atoms with Crippen LogP contribution >= 0.6 is 23.2 Å². The Morgan fingerprint density at radius 1 is 1.24 bits per heavy atom. The van der Waals surface area contributed by atoms with Crippen molar-refractivity contribution in [2.24, 2.45) is 0 Å². The van der Waals surface area contributed by atoms with Gasteiger partial charge >= 0.3 is 0 Å². The summed E-state index contributed by atoms with van der Waals surface area (Å²) in [5, 5.41) is 14.5. The number of hydrogen-bond acceptors (Lipinski definition) is 2. The molecule has 1 rings (SSSR count).